The molecule has 1 aromatic heterocycles. The SMILES string of the molecule is COC(=O)C1COCCN1C(=O)c1sccc1C#CCO. The highest BCUT2D eigenvalue weighted by molar-refractivity contribution is 7.12. The molecule has 1 saturated heterocycles. The molecule has 0 radical (unpaired) electrons. The van der Waals surface area contributed by atoms with Gasteiger partial charge >= 0.3 is 5.97 Å². The zero-order valence-corrected chi connectivity index (χ0v) is 12.3. The van der Waals surface area contributed by atoms with E-state index in [4.69, 9.17) is 14.6 Å². The van der Waals surface area contributed by atoms with Crippen LogP contribution >= 0.6 is 11.3 Å². The molecule has 1 amide bonds. The van der Waals surface area contributed by atoms with E-state index in [2.05, 4.69) is 11.8 Å². The number of hydrogen-bond acceptors (Lipinski definition) is 6. The third kappa shape index (κ3) is 3.42. The minimum Gasteiger partial charge on any atom is -0.467 e. The van der Waals surface area contributed by atoms with Gasteiger partial charge in [0.05, 0.1) is 20.3 Å². The van der Waals surface area contributed by atoms with Crippen molar-refractivity contribution in [3.63, 3.8) is 0 Å². The smallest absolute Gasteiger partial charge is 0.331 e. The van der Waals surface area contributed by atoms with E-state index in [1.165, 1.54) is 23.3 Å². The standard InChI is InChI=1S/C14H15NO5S/c1-19-14(18)11-9-20-7-5-15(11)13(17)12-10(3-2-6-16)4-8-21-12/h4,8,11,16H,5-7,9H2,1H3. The molecule has 1 atom stereocenters. The first-order chi connectivity index (χ1) is 10.2. The summed E-state index contributed by atoms with van der Waals surface area (Å²) in [5.41, 5.74) is 0.550. The van der Waals surface area contributed by atoms with Gasteiger partial charge in [0.2, 0.25) is 0 Å². The zero-order valence-electron chi connectivity index (χ0n) is 11.5. The van der Waals surface area contributed by atoms with Crippen LogP contribution in [0.15, 0.2) is 11.4 Å². The van der Waals surface area contributed by atoms with Crippen molar-refractivity contribution in [2.45, 2.75) is 6.04 Å². The molecular weight excluding hydrogens is 294 g/mol. The number of hydrogen-bond donors (Lipinski definition) is 1. The molecule has 1 fully saturated rings. The number of nitrogens with zero attached hydrogens (tertiary/aromatic N) is 1. The van der Waals surface area contributed by atoms with Gasteiger partial charge in [-0.05, 0) is 11.4 Å². The van der Waals surface area contributed by atoms with Gasteiger partial charge in [-0.25, -0.2) is 4.79 Å². The Hall–Kier alpha value is -1.88. The number of thiophene rings is 1. The summed E-state index contributed by atoms with van der Waals surface area (Å²) in [6.45, 7) is 0.554. The van der Waals surface area contributed by atoms with Gasteiger partial charge in [0.15, 0.2) is 6.04 Å². The first-order valence-electron chi connectivity index (χ1n) is 6.32. The van der Waals surface area contributed by atoms with E-state index in [0.29, 0.717) is 23.6 Å². The number of amides is 1. The predicted octanol–water partition coefficient (Wildman–Crippen LogP) is 0.106. The summed E-state index contributed by atoms with van der Waals surface area (Å²) in [5, 5.41) is 10.5. The Balaban J connectivity index is 2.25. The van der Waals surface area contributed by atoms with Crippen LogP contribution in [0.1, 0.15) is 15.2 Å². The summed E-state index contributed by atoms with van der Waals surface area (Å²) < 4.78 is 9.96. The van der Waals surface area contributed by atoms with Crippen LogP contribution in [0.25, 0.3) is 0 Å². The van der Waals surface area contributed by atoms with Crippen molar-refractivity contribution in [1.29, 1.82) is 0 Å². The van der Waals surface area contributed by atoms with E-state index in [1.807, 2.05) is 0 Å². The third-order valence-corrected chi connectivity index (χ3v) is 3.93. The maximum Gasteiger partial charge on any atom is 0.331 e. The molecule has 0 spiro atoms. The average molecular weight is 309 g/mol. The number of rotatable bonds is 2. The number of methoxy groups -OCH3 is 1. The van der Waals surface area contributed by atoms with E-state index < -0.39 is 12.0 Å². The fourth-order valence-corrected chi connectivity index (χ4v) is 2.82. The first kappa shape index (κ1) is 15.5. The highest BCUT2D eigenvalue weighted by atomic mass is 32.1. The van der Waals surface area contributed by atoms with Crippen molar-refractivity contribution in [3.05, 3.63) is 21.9 Å². The van der Waals surface area contributed by atoms with Gasteiger partial charge in [0, 0.05) is 12.1 Å². The molecule has 1 aromatic rings. The van der Waals surface area contributed by atoms with Crippen LogP contribution in [-0.2, 0) is 14.3 Å². The number of esters is 1. The van der Waals surface area contributed by atoms with Crippen LogP contribution in [0.3, 0.4) is 0 Å². The summed E-state index contributed by atoms with van der Waals surface area (Å²) in [4.78, 5) is 26.3. The van der Waals surface area contributed by atoms with Crippen molar-refractivity contribution < 1.29 is 24.2 Å². The largest absolute Gasteiger partial charge is 0.467 e. The van der Waals surface area contributed by atoms with Crippen LogP contribution in [0, 0.1) is 11.8 Å². The van der Waals surface area contributed by atoms with Crippen molar-refractivity contribution in [3.8, 4) is 11.8 Å². The normalized spacial score (nSPS) is 17.8. The topological polar surface area (TPSA) is 76.1 Å². The lowest BCUT2D eigenvalue weighted by atomic mass is 10.2. The minimum atomic E-state index is -0.739. The molecule has 21 heavy (non-hydrogen) atoms. The number of aliphatic hydroxyl groups excluding tert-OH is 1. The molecule has 0 aromatic carbocycles. The minimum absolute atomic E-state index is 0.126. The fraction of sp³-hybridized carbons (Fsp3) is 0.429. The number of aliphatic hydroxyl groups is 1. The second kappa shape index (κ2) is 7.22. The van der Waals surface area contributed by atoms with Gasteiger partial charge in [0.25, 0.3) is 5.91 Å². The Morgan fingerprint density at radius 2 is 2.43 bits per heavy atom. The summed E-state index contributed by atoms with van der Waals surface area (Å²) >= 11 is 1.25. The molecule has 1 aliphatic rings. The molecule has 1 N–H and O–H groups in total. The molecule has 1 aliphatic heterocycles. The van der Waals surface area contributed by atoms with Crippen LogP contribution in [0.2, 0.25) is 0 Å². The van der Waals surface area contributed by atoms with Gasteiger partial charge in [-0.15, -0.1) is 11.3 Å². The molecule has 0 saturated carbocycles. The number of carbonyl (C=O) groups is 2. The number of morpholine rings is 1. The second-order valence-electron chi connectivity index (χ2n) is 4.24. The van der Waals surface area contributed by atoms with Gasteiger partial charge in [-0.2, -0.15) is 0 Å². The Kier molecular flexibility index (Phi) is 5.33. The fourth-order valence-electron chi connectivity index (χ4n) is 2.02. The van der Waals surface area contributed by atoms with Crippen LogP contribution in [-0.4, -0.2) is 61.4 Å². The van der Waals surface area contributed by atoms with Gasteiger partial charge in [-0.3, -0.25) is 4.79 Å². The third-order valence-electron chi connectivity index (χ3n) is 3.02. The second-order valence-corrected chi connectivity index (χ2v) is 5.15. The van der Waals surface area contributed by atoms with Crippen molar-refractivity contribution in [2.75, 3.05) is 33.5 Å². The zero-order chi connectivity index (χ0) is 15.2. The Bertz CT molecular complexity index is 586. The van der Waals surface area contributed by atoms with Crippen LogP contribution in [0.5, 0.6) is 0 Å². The van der Waals surface area contributed by atoms with E-state index in [-0.39, 0.29) is 19.1 Å². The van der Waals surface area contributed by atoms with E-state index in [1.54, 1.807) is 11.4 Å². The maximum atomic E-state index is 12.6. The van der Waals surface area contributed by atoms with E-state index in [0.717, 1.165) is 0 Å². The molecule has 2 heterocycles. The van der Waals surface area contributed by atoms with Crippen LogP contribution < -0.4 is 0 Å². The summed E-state index contributed by atoms with van der Waals surface area (Å²) in [7, 11) is 1.28. The maximum absolute atomic E-state index is 12.6. The van der Waals surface area contributed by atoms with Gasteiger partial charge < -0.3 is 19.5 Å². The highest BCUT2D eigenvalue weighted by Gasteiger charge is 2.35. The van der Waals surface area contributed by atoms with Crippen molar-refractivity contribution in [1.82, 2.24) is 4.90 Å². The van der Waals surface area contributed by atoms with E-state index in [9.17, 15) is 9.59 Å². The lowest BCUT2D eigenvalue weighted by Gasteiger charge is -2.33. The summed E-state index contributed by atoms with van der Waals surface area (Å²) in [6, 6.07) is 0.978. The summed E-state index contributed by atoms with van der Waals surface area (Å²) in [5.74, 6) is 4.49. The predicted molar refractivity (Wildman–Crippen MR) is 75.9 cm³/mol. The molecule has 6 nitrogen and oxygen atoms in total. The number of ether oxygens (including phenoxy) is 2. The van der Waals surface area contributed by atoms with Crippen molar-refractivity contribution >= 4 is 23.2 Å². The van der Waals surface area contributed by atoms with Crippen molar-refractivity contribution in [2.24, 2.45) is 0 Å². The Labute approximate surface area is 126 Å². The quantitative estimate of drug-likeness (QED) is 0.620. The average Bonchev–Trinajstić information content (AvgIpc) is 2.99. The Morgan fingerprint density at radius 3 is 3.14 bits per heavy atom. The lowest BCUT2D eigenvalue weighted by molar-refractivity contribution is -0.151. The summed E-state index contributed by atoms with van der Waals surface area (Å²) in [6.07, 6.45) is 0. The van der Waals surface area contributed by atoms with Gasteiger partial charge in [-0.1, -0.05) is 11.8 Å². The van der Waals surface area contributed by atoms with E-state index >= 15 is 0 Å². The molecule has 0 aliphatic carbocycles. The number of carbonyl (C=O) groups excluding carboxylic acids is 2. The first-order valence-corrected chi connectivity index (χ1v) is 7.20. The molecule has 1 unspecified atom stereocenters. The molecule has 7 heteroatoms. The molecule has 0 bridgehead atoms. The monoisotopic (exact) mass is 309 g/mol. The molecule has 112 valence electrons. The molecule has 2 rings (SSSR count). The lowest BCUT2D eigenvalue weighted by Crippen LogP contribution is -2.53. The van der Waals surface area contributed by atoms with Gasteiger partial charge in [0.1, 0.15) is 11.5 Å². The van der Waals surface area contributed by atoms with Crippen LogP contribution in [0.4, 0.5) is 0 Å². The highest BCUT2D eigenvalue weighted by Crippen LogP contribution is 2.21. The Morgan fingerprint density at radius 1 is 1.62 bits per heavy atom. The molecular formula is C14H15NO5S.